The third-order valence-corrected chi connectivity index (χ3v) is 7.43. The minimum atomic E-state index is -0.448. The molecule has 0 aromatic heterocycles. The van der Waals surface area contributed by atoms with Crippen molar-refractivity contribution in [1.29, 1.82) is 0 Å². The van der Waals surface area contributed by atoms with Crippen LogP contribution in [0.25, 0.3) is 0 Å². The number of amidine groups is 1. The summed E-state index contributed by atoms with van der Waals surface area (Å²) in [6, 6.07) is 7.23. The van der Waals surface area contributed by atoms with Gasteiger partial charge in [0.2, 0.25) is 5.91 Å². The molecule has 1 fully saturated rings. The highest BCUT2D eigenvalue weighted by molar-refractivity contribution is 8.16. The molecule has 9 heteroatoms. The highest BCUT2D eigenvalue weighted by Gasteiger charge is 2.42. The molecule has 0 aliphatic carbocycles. The van der Waals surface area contributed by atoms with Gasteiger partial charge in [-0.05, 0) is 36.1 Å². The Morgan fingerprint density at radius 2 is 1.91 bits per heavy atom. The molecule has 1 saturated heterocycles. The lowest BCUT2D eigenvalue weighted by Gasteiger charge is -2.38. The zero-order valence-electron chi connectivity index (χ0n) is 20.2. The third kappa shape index (κ3) is 4.72. The summed E-state index contributed by atoms with van der Waals surface area (Å²) in [6.07, 6.45) is 0.854. The molecule has 0 saturated carbocycles. The monoisotopic (exact) mass is 484 g/mol. The van der Waals surface area contributed by atoms with Crippen molar-refractivity contribution in [3.63, 3.8) is 0 Å². The molecule has 1 aromatic rings. The lowest BCUT2D eigenvalue weighted by Crippen LogP contribution is -2.49. The molecule has 1 amide bonds. The fourth-order valence-corrected chi connectivity index (χ4v) is 5.56. The number of hydrogen-bond donors (Lipinski definition) is 0. The van der Waals surface area contributed by atoms with Crippen LogP contribution >= 0.6 is 11.8 Å². The van der Waals surface area contributed by atoms with Crippen LogP contribution in [0.4, 0.5) is 0 Å². The Kier molecular flexibility index (Phi) is 7.63. The van der Waals surface area contributed by atoms with Crippen molar-refractivity contribution in [2.75, 3.05) is 46.9 Å². The van der Waals surface area contributed by atoms with Gasteiger partial charge in [-0.25, -0.2) is 9.79 Å². The molecular weight excluding hydrogens is 452 g/mol. The van der Waals surface area contributed by atoms with Crippen LogP contribution in [-0.4, -0.2) is 78.7 Å². The van der Waals surface area contributed by atoms with Crippen molar-refractivity contribution >= 4 is 28.8 Å². The average molecular weight is 485 g/mol. The Balaban J connectivity index is 1.67. The third-order valence-electron chi connectivity index (χ3n) is 6.54. The maximum absolute atomic E-state index is 13.2. The van der Waals surface area contributed by atoms with E-state index in [4.69, 9.17) is 14.5 Å². The number of esters is 1. The van der Waals surface area contributed by atoms with Gasteiger partial charge in [0.05, 0.1) is 38.0 Å². The van der Waals surface area contributed by atoms with Crippen molar-refractivity contribution in [3.8, 4) is 5.75 Å². The van der Waals surface area contributed by atoms with Crippen molar-refractivity contribution in [2.45, 2.75) is 32.7 Å². The standard InChI is InChI=1S/C25H32N4O4S/c1-5-20-22(24(31)33-4)23(17-8-7-9-19(14-17)32-3)29-18(16-34-25(29)26-20)15-21(30)28-12-10-27(6-2)11-13-28/h7-9,14,16,23H,5-6,10-13,15H2,1-4H3. The number of allylic oxidation sites excluding steroid dienone is 1. The van der Waals surface area contributed by atoms with Crippen molar-refractivity contribution in [1.82, 2.24) is 14.7 Å². The van der Waals surface area contributed by atoms with Gasteiger partial charge in [0, 0.05) is 31.9 Å². The molecule has 0 bridgehead atoms. The summed E-state index contributed by atoms with van der Waals surface area (Å²) in [5, 5.41) is 2.76. The number of benzene rings is 1. The van der Waals surface area contributed by atoms with E-state index >= 15 is 0 Å². The maximum atomic E-state index is 13.2. The van der Waals surface area contributed by atoms with Crippen LogP contribution in [0.3, 0.4) is 0 Å². The van der Waals surface area contributed by atoms with E-state index < -0.39 is 12.0 Å². The van der Waals surface area contributed by atoms with Crippen LogP contribution < -0.4 is 4.74 Å². The first-order valence-corrected chi connectivity index (χ1v) is 12.6. The second kappa shape index (κ2) is 10.7. The zero-order valence-corrected chi connectivity index (χ0v) is 21.1. The predicted molar refractivity (Wildman–Crippen MR) is 133 cm³/mol. The summed E-state index contributed by atoms with van der Waals surface area (Å²) in [5.41, 5.74) is 2.93. The Labute approximate surface area is 205 Å². The smallest absolute Gasteiger partial charge is 0.338 e. The van der Waals surface area contributed by atoms with E-state index in [9.17, 15) is 9.59 Å². The summed E-state index contributed by atoms with van der Waals surface area (Å²) in [7, 11) is 3.01. The van der Waals surface area contributed by atoms with Crippen LogP contribution in [0.1, 0.15) is 38.3 Å². The van der Waals surface area contributed by atoms with Gasteiger partial charge < -0.3 is 24.2 Å². The number of ether oxygens (including phenoxy) is 2. The zero-order chi connectivity index (χ0) is 24.2. The molecule has 4 rings (SSSR count). The number of piperazine rings is 1. The molecule has 0 spiro atoms. The van der Waals surface area contributed by atoms with Gasteiger partial charge in [-0.15, -0.1) is 0 Å². The first-order valence-electron chi connectivity index (χ1n) is 11.7. The summed E-state index contributed by atoms with van der Waals surface area (Å²) in [6.45, 7) is 8.39. The predicted octanol–water partition coefficient (Wildman–Crippen LogP) is 3.39. The van der Waals surface area contributed by atoms with Gasteiger partial charge in [0.15, 0.2) is 5.17 Å². The lowest BCUT2D eigenvalue weighted by molar-refractivity contribution is -0.136. The Bertz CT molecular complexity index is 1040. The fraction of sp³-hybridized carbons (Fsp3) is 0.480. The Hall–Kier alpha value is -2.78. The molecule has 3 aliphatic rings. The van der Waals surface area contributed by atoms with E-state index in [2.05, 4.69) is 11.8 Å². The van der Waals surface area contributed by atoms with E-state index in [1.807, 2.05) is 46.4 Å². The van der Waals surface area contributed by atoms with Crippen LogP contribution in [0.2, 0.25) is 0 Å². The van der Waals surface area contributed by atoms with E-state index in [0.717, 1.165) is 49.2 Å². The van der Waals surface area contributed by atoms with Crippen LogP contribution in [-0.2, 0) is 14.3 Å². The highest BCUT2D eigenvalue weighted by Crippen LogP contribution is 2.46. The van der Waals surface area contributed by atoms with Crippen LogP contribution in [0.15, 0.2) is 51.6 Å². The molecule has 34 heavy (non-hydrogen) atoms. The van der Waals surface area contributed by atoms with Gasteiger partial charge >= 0.3 is 5.97 Å². The van der Waals surface area contributed by atoms with Crippen molar-refractivity contribution in [3.05, 3.63) is 52.2 Å². The van der Waals surface area contributed by atoms with Gasteiger partial charge in [-0.2, -0.15) is 0 Å². The minimum absolute atomic E-state index is 0.0955. The topological polar surface area (TPSA) is 74.7 Å². The van der Waals surface area contributed by atoms with Crippen LogP contribution in [0.5, 0.6) is 5.75 Å². The first-order chi connectivity index (χ1) is 16.5. The number of carbonyl (C=O) groups excluding carboxylic acids is 2. The minimum Gasteiger partial charge on any atom is -0.497 e. The molecule has 3 aliphatic heterocycles. The van der Waals surface area contributed by atoms with Gasteiger partial charge in [-0.3, -0.25) is 4.79 Å². The summed E-state index contributed by atoms with van der Waals surface area (Å²) in [5.74, 6) is 0.384. The summed E-state index contributed by atoms with van der Waals surface area (Å²) >= 11 is 1.49. The number of thioether (sulfide) groups is 1. The van der Waals surface area contributed by atoms with Gasteiger partial charge in [0.25, 0.3) is 0 Å². The van der Waals surface area contributed by atoms with Gasteiger partial charge in [-0.1, -0.05) is 37.7 Å². The van der Waals surface area contributed by atoms with Crippen molar-refractivity contribution < 1.29 is 19.1 Å². The molecule has 1 atom stereocenters. The lowest BCUT2D eigenvalue weighted by atomic mass is 9.92. The molecule has 3 heterocycles. The molecule has 0 N–H and O–H groups in total. The Morgan fingerprint density at radius 3 is 2.56 bits per heavy atom. The van der Waals surface area contributed by atoms with Gasteiger partial charge in [0.1, 0.15) is 5.75 Å². The molecule has 182 valence electrons. The van der Waals surface area contributed by atoms with E-state index in [0.29, 0.717) is 23.4 Å². The number of aliphatic imine (C=N–C) groups is 1. The maximum Gasteiger partial charge on any atom is 0.338 e. The number of amides is 1. The summed E-state index contributed by atoms with van der Waals surface area (Å²) in [4.78, 5) is 37.3. The highest BCUT2D eigenvalue weighted by atomic mass is 32.2. The number of carbonyl (C=O) groups is 2. The normalized spacial score (nSPS) is 20.6. The van der Waals surface area contributed by atoms with Crippen molar-refractivity contribution in [2.24, 2.45) is 4.99 Å². The number of fused-ring (bicyclic) bond motifs is 1. The molecular formula is C25H32N4O4S. The largest absolute Gasteiger partial charge is 0.497 e. The summed E-state index contributed by atoms with van der Waals surface area (Å²) < 4.78 is 10.6. The molecule has 0 radical (unpaired) electrons. The van der Waals surface area contributed by atoms with E-state index in [1.165, 1.54) is 18.9 Å². The van der Waals surface area contributed by atoms with Crippen LogP contribution in [0, 0.1) is 0 Å². The number of nitrogens with zero attached hydrogens (tertiary/aromatic N) is 4. The second-order valence-electron chi connectivity index (χ2n) is 8.37. The number of hydrogen-bond acceptors (Lipinski definition) is 8. The quantitative estimate of drug-likeness (QED) is 0.549. The SMILES string of the molecule is CCC1=C(C(=O)OC)C(c2cccc(OC)c2)N2C(CC(=O)N3CCN(CC)CC3)=CSC2=N1. The van der Waals surface area contributed by atoms with E-state index in [-0.39, 0.29) is 12.3 Å². The number of rotatable bonds is 7. The molecule has 8 nitrogen and oxygen atoms in total. The second-order valence-corrected chi connectivity index (χ2v) is 9.20. The van der Waals surface area contributed by atoms with E-state index in [1.54, 1.807) is 7.11 Å². The fourth-order valence-electron chi connectivity index (χ4n) is 4.62. The molecule has 1 aromatic carbocycles. The Morgan fingerprint density at radius 1 is 1.15 bits per heavy atom. The number of likely N-dealkylation sites (N-methyl/N-ethyl adjacent to an activating group) is 1. The number of methoxy groups -OCH3 is 2. The average Bonchev–Trinajstić information content (AvgIpc) is 3.29. The molecule has 1 unspecified atom stereocenters. The first kappa shape index (κ1) is 24.3.